The molecular formula is C13H17Cl2NO2S. The van der Waals surface area contributed by atoms with Gasteiger partial charge in [0.05, 0.1) is 22.5 Å². The van der Waals surface area contributed by atoms with Crippen molar-refractivity contribution in [2.45, 2.75) is 25.9 Å². The molecule has 1 aliphatic rings. The zero-order valence-electron chi connectivity index (χ0n) is 10.8. The topological polar surface area (TPSA) is 29.5 Å². The van der Waals surface area contributed by atoms with E-state index in [1.54, 1.807) is 6.07 Å². The smallest absolute Gasteiger partial charge is 0.179 e. The minimum absolute atomic E-state index is 0.0213. The number of thiophene rings is 1. The fraction of sp³-hybridized carbons (Fsp3) is 0.615. The second-order valence-electron chi connectivity index (χ2n) is 4.62. The van der Waals surface area contributed by atoms with E-state index in [2.05, 4.69) is 4.90 Å². The number of hydrogen-bond acceptors (Lipinski definition) is 4. The third-order valence-electron chi connectivity index (χ3n) is 3.26. The molecule has 0 bridgehead atoms. The van der Waals surface area contributed by atoms with Gasteiger partial charge in [-0.1, -0.05) is 30.1 Å². The molecule has 1 atom stereocenters. The lowest BCUT2D eigenvalue weighted by atomic mass is 10.2. The van der Waals surface area contributed by atoms with Gasteiger partial charge < -0.3 is 4.74 Å². The first-order valence-corrected chi connectivity index (χ1v) is 7.99. The van der Waals surface area contributed by atoms with E-state index in [0.717, 1.165) is 32.5 Å². The van der Waals surface area contributed by atoms with Gasteiger partial charge in [0.1, 0.15) is 4.34 Å². The Morgan fingerprint density at radius 1 is 1.58 bits per heavy atom. The van der Waals surface area contributed by atoms with Gasteiger partial charge in [-0.15, -0.1) is 11.3 Å². The van der Waals surface area contributed by atoms with E-state index in [4.69, 9.17) is 27.9 Å². The van der Waals surface area contributed by atoms with E-state index >= 15 is 0 Å². The van der Waals surface area contributed by atoms with Crippen LogP contribution < -0.4 is 0 Å². The molecule has 0 N–H and O–H groups in total. The molecule has 0 radical (unpaired) electrons. The molecule has 106 valence electrons. The number of ketones is 1. The first-order chi connectivity index (χ1) is 9.10. The van der Waals surface area contributed by atoms with Crippen molar-refractivity contribution in [2.75, 3.05) is 26.2 Å². The van der Waals surface area contributed by atoms with Crippen molar-refractivity contribution in [2.24, 2.45) is 0 Å². The summed E-state index contributed by atoms with van der Waals surface area (Å²) in [4.78, 5) is 14.3. The van der Waals surface area contributed by atoms with Crippen molar-refractivity contribution in [3.63, 3.8) is 0 Å². The fourth-order valence-electron chi connectivity index (χ4n) is 2.20. The third-order valence-corrected chi connectivity index (χ3v) is 4.74. The average Bonchev–Trinajstić information content (AvgIpc) is 2.98. The standard InChI is InChI=1S/C13H17Cl2NO2S/c1-2-16(7-9-4-3-5-18-9)8-11(17)10-6-12(14)19-13(10)15/h6,9H,2-5,7-8H2,1H3. The summed E-state index contributed by atoms with van der Waals surface area (Å²) in [6.07, 6.45) is 2.45. The molecule has 1 aliphatic heterocycles. The van der Waals surface area contributed by atoms with Crippen LogP contribution in [0.3, 0.4) is 0 Å². The lowest BCUT2D eigenvalue weighted by Crippen LogP contribution is -2.36. The number of Topliss-reactive ketones (excluding diaryl/α,β-unsaturated/α-hetero) is 1. The fourth-order valence-corrected chi connectivity index (χ4v) is 3.70. The highest BCUT2D eigenvalue weighted by Gasteiger charge is 2.21. The van der Waals surface area contributed by atoms with Crippen molar-refractivity contribution in [3.05, 3.63) is 20.3 Å². The number of carbonyl (C=O) groups excluding carboxylic acids is 1. The van der Waals surface area contributed by atoms with Crippen molar-refractivity contribution in [1.82, 2.24) is 4.90 Å². The number of carbonyl (C=O) groups is 1. The maximum atomic E-state index is 12.2. The van der Waals surface area contributed by atoms with Gasteiger partial charge in [-0.25, -0.2) is 0 Å². The van der Waals surface area contributed by atoms with Crippen LogP contribution in [0.15, 0.2) is 6.07 Å². The van der Waals surface area contributed by atoms with Crippen molar-refractivity contribution < 1.29 is 9.53 Å². The molecule has 2 rings (SSSR count). The van der Waals surface area contributed by atoms with Crippen LogP contribution in [0, 0.1) is 0 Å². The molecule has 1 fully saturated rings. The normalized spacial score (nSPS) is 19.3. The lowest BCUT2D eigenvalue weighted by molar-refractivity contribution is 0.0686. The Balaban J connectivity index is 1.93. The Bertz CT molecular complexity index is 444. The van der Waals surface area contributed by atoms with Crippen LogP contribution >= 0.6 is 34.5 Å². The van der Waals surface area contributed by atoms with Crippen LogP contribution in [0.2, 0.25) is 8.67 Å². The van der Waals surface area contributed by atoms with Crippen LogP contribution in [-0.4, -0.2) is 43.0 Å². The lowest BCUT2D eigenvalue weighted by Gasteiger charge is -2.22. The highest BCUT2D eigenvalue weighted by molar-refractivity contribution is 7.20. The second kappa shape index (κ2) is 7.04. The van der Waals surface area contributed by atoms with E-state index in [1.807, 2.05) is 6.92 Å². The van der Waals surface area contributed by atoms with Gasteiger partial charge in [0, 0.05) is 13.2 Å². The van der Waals surface area contributed by atoms with Crippen molar-refractivity contribution in [3.8, 4) is 0 Å². The van der Waals surface area contributed by atoms with Gasteiger partial charge in [0.15, 0.2) is 5.78 Å². The molecule has 1 aromatic rings. The number of likely N-dealkylation sites (N-methyl/N-ethyl adjacent to an activating group) is 1. The monoisotopic (exact) mass is 321 g/mol. The van der Waals surface area contributed by atoms with Gasteiger partial charge in [-0.05, 0) is 25.5 Å². The highest BCUT2D eigenvalue weighted by atomic mass is 35.5. The minimum Gasteiger partial charge on any atom is -0.377 e. The molecule has 19 heavy (non-hydrogen) atoms. The summed E-state index contributed by atoms with van der Waals surface area (Å²) in [6, 6.07) is 1.65. The first-order valence-electron chi connectivity index (χ1n) is 6.42. The van der Waals surface area contributed by atoms with Crippen LogP contribution in [0.1, 0.15) is 30.1 Å². The van der Waals surface area contributed by atoms with E-state index < -0.39 is 0 Å². The molecule has 0 saturated carbocycles. The van der Waals surface area contributed by atoms with Crippen LogP contribution in [0.5, 0.6) is 0 Å². The van der Waals surface area contributed by atoms with Gasteiger partial charge >= 0.3 is 0 Å². The Morgan fingerprint density at radius 2 is 2.37 bits per heavy atom. The van der Waals surface area contributed by atoms with Crippen LogP contribution in [0.25, 0.3) is 0 Å². The molecule has 1 unspecified atom stereocenters. The van der Waals surface area contributed by atoms with Crippen LogP contribution in [0.4, 0.5) is 0 Å². The Labute approximate surface area is 127 Å². The summed E-state index contributed by atoms with van der Waals surface area (Å²) in [5.41, 5.74) is 0.530. The SMILES string of the molecule is CCN(CC(=O)c1cc(Cl)sc1Cl)CC1CCCO1. The summed E-state index contributed by atoms with van der Waals surface area (Å²) in [5, 5.41) is 0. The molecule has 0 aromatic carbocycles. The molecule has 1 aromatic heterocycles. The van der Waals surface area contributed by atoms with Gasteiger partial charge in [0.25, 0.3) is 0 Å². The number of ether oxygens (including phenoxy) is 1. The summed E-state index contributed by atoms with van der Waals surface area (Å²) in [5.74, 6) is 0.0213. The first kappa shape index (κ1) is 15.3. The van der Waals surface area contributed by atoms with Crippen molar-refractivity contribution >= 4 is 40.3 Å². The maximum absolute atomic E-state index is 12.2. The van der Waals surface area contributed by atoms with E-state index in [9.17, 15) is 4.79 Å². The highest BCUT2D eigenvalue weighted by Crippen LogP contribution is 2.31. The summed E-state index contributed by atoms with van der Waals surface area (Å²) >= 11 is 13.1. The van der Waals surface area contributed by atoms with Crippen molar-refractivity contribution in [1.29, 1.82) is 0 Å². The maximum Gasteiger partial charge on any atom is 0.179 e. The Hall–Kier alpha value is -0.130. The Kier molecular flexibility index (Phi) is 5.66. The molecule has 1 saturated heterocycles. The predicted molar refractivity (Wildman–Crippen MR) is 79.8 cm³/mol. The molecule has 2 heterocycles. The average molecular weight is 322 g/mol. The third kappa shape index (κ3) is 4.17. The number of nitrogens with zero attached hydrogens (tertiary/aromatic N) is 1. The van der Waals surface area contributed by atoms with E-state index in [0.29, 0.717) is 20.8 Å². The minimum atomic E-state index is 0.0213. The summed E-state index contributed by atoms with van der Waals surface area (Å²) < 4.78 is 6.63. The van der Waals surface area contributed by atoms with Gasteiger partial charge in [-0.2, -0.15) is 0 Å². The molecular weight excluding hydrogens is 305 g/mol. The van der Waals surface area contributed by atoms with E-state index in [-0.39, 0.29) is 11.9 Å². The van der Waals surface area contributed by atoms with E-state index in [1.165, 1.54) is 11.3 Å². The predicted octanol–water partition coefficient (Wildman–Crippen LogP) is 3.74. The second-order valence-corrected chi connectivity index (χ2v) is 6.91. The number of halogens is 2. The molecule has 0 aliphatic carbocycles. The number of hydrogen-bond donors (Lipinski definition) is 0. The summed E-state index contributed by atoms with van der Waals surface area (Å²) in [7, 11) is 0. The van der Waals surface area contributed by atoms with Gasteiger partial charge in [-0.3, -0.25) is 9.69 Å². The zero-order chi connectivity index (χ0) is 13.8. The number of rotatable bonds is 6. The molecule has 0 spiro atoms. The summed E-state index contributed by atoms with van der Waals surface area (Å²) in [6.45, 7) is 4.87. The quantitative estimate of drug-likeness (QED) is 0.747. The molecule has 0 amide bonds. The molecule has 3 nitrogen and oxygen atoms in total. The zero-order valence-corrected chi connectivity index (χ0v) is 13.2. The van der Waals surface area contributed by atoms with Crippen LogP contribution in [-0.2, 0) is 4.74 Å². The van der Waals surface area contributed by atoms with Gasteiger partial charge in [0.2, 0.25) is 0 Å². The Morgan fingerprint density at radius 3 is 2.89 bits per heavy atom. The molecule has 6 heteroatoms. The largest absolute Gasteiger partial charge is 0.377 e.